The summed E-state index contributed by atoms with van der Waals surface area (Å²) in [4.78, 5) is 11.0. The fourth-order valence-corrected chi connectivity index (χ4v) is 1.25. The number of amides is 1. The van der Waals surface area contributed by atoms with Gasteiger partial charge in [0.05, 0.1) is 11.8 Å². The van der Waals surface area contributed by atoms with E-state index in [2.05, 4.69) is 33.4 Å². The van der Waals surface area contributed by atoms with Gasteiger partial charge in [-0.3, -0.25) is 15.6 Å². The van der Waals surface area contributed by atoms with Crippen LogP contribution in [0.3, 0.4) is 0 Å². The number of hydrazine groups is 1. The number of nitriles is 1. The van der Waals surface area contributed by atoms with Gasteiger partial charge in [-0.1, -0.05) is 34.6 Å². The van der Waals surface area contributed by atoms with Crippen molar-refractivity contribution in [3.05, 3.63) is 40.9 Å². The second-order valence-electron chi connectivity index (χ2n) is 2.99. The molecule has 2 N–H and O–H groups in total. The monoisotopic (exact) mass is 279 g/mol. The van der Waals surface area contributed by atoms with Crippen molar-refractivity contribution in [1.82, 2.24) is 10.9 Å². The third kappa shape index (κ3) is 3.75. The van der Waals surface area contributed by atoms with Crippen molar-refractivity contribution in [2.45, 2.75) is 6.42 Å². The van der Waals surface area contributed by atoms with Crippen LogP contribution in [0.4, 0.5) is 0 Å². The molecule has 0 unspecified atom stereocenters. The normalized spacial score (nSPS) is 9.00. The quantitative estimate of drug-likeness (QED) is 0.828. The Hall–Kier alpha value is -1.80. The second kappa shape index (κ2) is 5.93. The number of hydrogen-bond acceptors (Lipinski definition) is 3. The molecule has 0 aliphatic rings. The lowest BCUT2D eigenvalue weighted by Crippen LogP contribution is -2.35. The third-order valence-corrected chi connectivity index (χ3v) is 2.31. The second-order valence-corrected chi connectivity index (χ2v) is 3.91. The van der Waals surface area contributed by atoms with Crippen LogP contribution in [0.15, 0.2) is 35.3 Å². The summed E-state index contributed by atoms with van der Waals surface area (Å²) >= 11 is 3.32. The van der Waals surface area contributed by atoms with Gasteiger partial charge in [0, 0.05) is 4.47 Å². The fourth-order valence-electron chi connectivity index (χ4n) is 0.984. The molecule has 0 spiro atoms. The molecule has 1 aromatic rings. The summed E-state index contributed by atoms with van der Waals surface area (Å²) in [6, 6.07) is 9.21. The van der Waals surface area contributed by atoms with E-state index in [0.29, 0.717) is 5.70 Å². The molecular weight excluding hydrogens is 270 g/mol. The van der Waals surface area contributed by atoms with Crippen molar-refractivity contribution in [3.63, 3.8) is 0 Å². The number of hydrogen-bond donors (Lipinski definition) is 2. The number of halogens is 1. The minimum absolute atomic E-state index is 0.180. The maximum Gasteiger partial charge on any atom is 0.252 e. The number of nitrogens with zero attached hydrogens (tertiary/aromatic N) is 1. The van der Waals surface area contributed by atoms with Crippen LogP contribution in [0.2, 0.25) is 0 Å². The Morgan fingerprint density at radius 2 is 2.00 bits per heavy atom. The Morgan fingerprint density at radius 1 is 1.38 bits per heavy atom. The van der Waals surface area contributed by atoms with E-state index in [1.54, 1.807) is 6.07 Å². The van der Waals surface area contributed by atoms with E-state index in [-0.39, 0.29) is 12.3 Å². The van der Waals surface area contributed by atoms with E-state index < -0.39 is 0 Å². The molecule has 0 aliphatic heterocycles. The Kier molecular flexibility index (Phi) is 4.55. The highest BCUT2D eigenvalue weighted by Gasteiger charge is 2.01. The molecule has 5 heteroatoms. The summed E-state index contributed by atoms with van der Waals surface area (Å²) in [5.74, 6) is -0.388. The molecule has 1 amide bonds. The van der Waals surface area contributed by atoms with Crippen LogP contribution in [0.5, 0.6) is 0 Å². The minimum Gasteiger partial charge on any atom is -0.299 e. The van der Waals surface area contributed by atoms with E-state index >= 15 is 0 Å². The lowest BCUT2D eigenvalue weighted by molar-refractivity contribution is -0.120. The van der Waals surface area contributed by atoms with Crippen LogP contribution in [0, 0.1) is 11.3 Å². The molecule has 0 saturated carbocycles. The van der Waals surface area contributed by atoms with Gasteiger partial charge in [0.15, 0.2) is 0 Å². The van der Waals surface area contributed by atoms with Crippen LogP contribution in [0.1, 0.15) is 12.0 Å². The van der Waals surface area contributed by atoms with Gasteiger partial charge >= 0.3 is 0 Å². The highest BCUT2D eigenvalue weighted by atomic mass is 79.9. The third-order valence-electron chi connectivity index (χ3n) is 1.79. The molecule has 82 valence electrons. The Morgan fingerprint density at radius 3 is 2.56 bits per heavy atom. The van der Waals surface area contributed by atoms with Gasteiger partial charge in [-0.15, -0.1) is 0 Å². The summed E-state index contributed by atoms with van der Waals surface area (Å²) < 4.78 is 0.970. The van der Waals surface area contributed by atoms with Crippen molar-refractivity contribution in [3.8, 4) is 6.07 Å². The molecule has 0 fully saturated rings. The first-order valence-corrected chi connectivity index (χ1v) is 5.29. The first kappa shape index (κ1) is 12.3. The SMILES string of the molecule is C=C(NNC(=O)CC#N)c1ccc(Br)cc1. The van der Waals surface area contributed by atoms with Crippen molar-refractivity contribution >= 4 is 27.5 Å². The van der Waals surface area contributed by atoms with Crippen LogP contribution >= 0.6 is 15.9 Å². The zero-order valence-electron chi connectivity index (χ0n) is 8.46. The average Bonchev–Trinajstić information content (AvgIpc) is 2.27. The number of nitrogens with one attached hydrogen (secondary N) is 2. The number of carbonyl (C=O) groups is 1. The molecule has 0 radical (unpaired) electrons. The Bertz CT molecular complexity index is 434. The van der Waals surface area contributed by atoms with Gasteiger partial charge in [-0.2, -0.15) is 5.26 Å². The van der Waals surface area contributed by atoms with E-state index in [4.69, 9.17) is 5.26 Å². The maximum absolute atomic E-state index is 11.0. The van der Waals surface area contributed by atoms with Gasteiger partial charge in [0.25, 0.3) is 5.91 Å². The summed E-state index contributed by atoms with van der Waals surface area (Å²) in [7, 11) is 0. The minimum atomic E-state index is -0.388. The number of carbonyl (C=O) groups excluding carboxylic acids is 1. The number of benzene rings is 1. The fraction of sp³-hybridized carbons (Fsp3) is 0.0909. The lowest BCUT2D eigenvalue weighted by Gasteiger charge is -2.09. The summed E-state index contributed by atoms with van der Waals surface area (Å²) in [6.45, 7) is 3.76. The molecule has 16 heavy (non-hydrogen) atoms. The van der Waals surface area contributed by atoms with E-state index in [1.807, 2.05) is 24.3 Å². The van der Waals surface area contributed by atoms with Crippen LogP contribution in [-0.4, -0.2) is 5.91 Å². The van der Waals surface area contributed by atoms with E-state index in [1.165, 1.54) is 0 Å². The predicted octanol–water partition coefficient (Wildman–Crippen LogP) is 1.95. The highest BCUT2D eigenvalue weighted by Crippen LogP contribution is 2.14. The van der Waals surface area contributed by atoms with Crippen LogP contribution in [0.25, 0.3) is 5.70 Å². The number of rotatable bonds is 4. The zero-order chi connectivity index (χ0) is 12.0. The smallest absolute Gasteiger partial charge is 0.252 e. The molecule has 0 saturated heterocycles. The van der Waals surface area contributed by atoms with Gasteiger partial charge in [-0.05, 0) is 17.7 Å². The van der Waals surface area contributed by atoms with E-state index in [9.17, 15) is 4.79 Å². The van der Waals surface area contributed by atoms with Crippen LogP contribution in [-0.2, 0) is 4.79 Å². The predicted molar refractivity (Wildman–Crippen MR) is 64.7 cm³/mol. The zero-order valence-corrected chi connectivity index (χ0v) is 10.0. The highest BCUT2D eigenvalue weighted by molar-refractivity contribution is 9.10. The van der Waals surface area contributed by atoms with Crippen molar-refractivity contribution in [2.75, 3.05) is 0 Å². The average molecular weight is 280 g/mol. The van der Waals surface area contributed by atoms with Crippen molar-refractivity contribution in [1.29, 1.82) is 5.26 Å². The van der Waals surface area contributed by atoms with Gasteiger partial charge in [0.1, 0.15) is 6.42 Å². The molecule has 0 heterocycles. The van der Waals surface area contributed by atoms with Gasteiger partial charge < -0.3 is 0 Å². The molecule has 0 atom stereocenters. The summed E-state index contributed by atoms with van der Waals surface area (Å²) in [6.07, 6.45) is -0.180. The Balaban J connectivity index is 2.50. The standard InChI is InChI=1S/C11H10BrN3O/c1-8(14-15-11(16)6-7-13)9-2-4-10(12)5-3-9/h2-5,14H,1,6H2,(H,15,16). The first-order valence-electron chi connectivity index (χ1n) is 4.50. The molecule has 0 aromatic heterocycles. The molecule has 1 rings (SSSR count). The molecule has 1 aromatic carbocycles. The summed E-state index contributed by atoms with van der Waals surface area (Å²) in [5.41, 5.74) is 6.45. The van der Waals surface area contributed by atoms with Gasteiger partial charge in [-0.25, -0.2) is 0 Å². The Labute approximate surface area is 102 Å². The molecule has 0 bridgehead atoms. The lowest BCUT2D eigenvalue weighted by atomic mass is 10.2. The topological polar surface area (TPSA) is 64.9 Å². The molecule has 0 aliphatic carbocycles. The first-order chi connectivity index (χ1) is 7.63. The largest absolute Gasteiger partial charge is 0.299 e. The van der Waals surface area contributed by atoms with Gasteiger partial charge in [0.2, 0.25) is 0 Å². The van der Waals surface area contributed by atoms with Crippen molar-refractivity contribution < 1.29 is 4.79 Å². The molecular formula is C11H10BrN3O. The van der Waals surface area contributed by atoms with Crippen molar-refractivity contribution in [2.24, 2.45) is 0 Å². The summed E-state index contributed by atoms with van der Waals surface area (Å²) in [5, 5.41) is 8.28. The molecule has 4 nitrogen and oxygen atoms in total. The maximum atomic E-state index is 11.0. The van der Waals surface area contributed by atoms with Crippen LogP contribution < -0.4 is 10.9 Å². The van der Waals surface area contributed by atoms with E-state index in [0.717, 1.165) is 10.0 Å².